The minimum absolute atomic E-state index is 0.200. The lowest BCUT2D eigenvalue weighted by molar-refractivity contribution is -0.396. The van der Waals surface area contributed by atoms with E-state index in [4.69, 9.17) is 10.5 Å². The Labute approximate surface area is 144 Å². The van der Waals surface area contributed by atoms with E-state index in [9.17, 15) is 10.1 Å². The molecule has 1 aliphatic heterocycles. The Morgan fingerprint density at radius 3 is 3.00 bits per heavy atom. The number of rotatable bonds is 6. The maximum atomic E-state index is 10.9. The molecule has 1 aromatic carbocycles. The summed E-state index contributed by atoms with van der Waals surface area (Å²) in [5, 5.41) is 10.9. The lowest BCUT2D eigenvalue weighted by Gasteiger charge is -2.29. The van der Waals surface area contributed by atoms with Crippen LogP contribution in [0.3, 0.4) is 0 Å². The summed E-state index contributed by atoms with van der Waals surface area (Å²) in [5.74, 6) is 0.472. The predicted molar refractivity (Wildman–Crippen MR) is 93.0 cm³/mol. The van der Waals surface area contributed by atoms with E-state index in [-0.39, 0.29) is 12.6 Å². The Kier molecular flexibility index (Phi) is 4.75. The Morgan fingerprint density at radius 2 is 2.20 bits per heavy atom. The number of para-hydroxylation sites is 1. The van der Waals surface area contributed by atoms with Gasteiger partial charge in [-0.1, -0.05) is 17.1 Å². The second-order valence-corrected chi connectivity index (χ2v) is 5.40. The Hall–Kier alpha value is -3.20. The Balaban J connectivity index is 1.74. The van der Waals surface area contributed by atoms with Gasteiger partial charge in [-0.15, -0.1) is 0 Å². The molecular weight excluding hydrogens is 324 g/mol. The summed E-state index contributed by atoms with van der Waals surface area (Å²) >= 11 is 0. The molecule has 0 aliphatic carbocycles. The van der Waals surface area contributed by atoms with Crippen LogP contribution in [0.2, 0.25) is 0 Å². The quantitative estimate of drug-likeness (QED) is 0.628. The minimum Gasteiger partial charge on any atom is -0.490 e. The number of imidazole rings is 1. The normalized spacial score (nSPS) is 16.6. The molecule has 0 spiro atoms. The summed E-state index contributed by atoms with van der Waals surface area (Å²) in [6.45, 7) is 0.589. The van der Waals surface area contributed by atoms with E-state index >= 15 is 0 Å². The third-order valence-corrected chi connectivity index (χ3v) is 3.86. The first kappa shape index (κ1) is 16.7. The van der Waals surface area contributed by atoms with Crippen LogP contribution in [0.5, 0.6) is 5.75 Å². The average Bonchev–Trinajstić information content (AvgIpc) is 3.07. The van der Waals surface area contributed by atoms with Crippen molar-refractivity contribution in [3.63, 3.8) is 0 Å². The highest BCUT2D eigenvalue weighted by Gasteiger charge is 2.19. The van der Waals surface area contributed by atoms with Gasteiger partial charge in [0.15, 0.2) is 6.29 Å². The second kappa shape index (κ2) is 7.14. The maximum absolute atomic E-state index is 10.9. The van der Waals surface area contributed by atoms with Crippen molar-refractivity contribution in [1.82, 2.24) is 14.5 Å². The topological polar surface area (TPSA) is 112 Å². The number of ether oxygens (including phenoxy) is 1. The number of hydrogen-bond donors (Lipinski definition) is 1. The van der Waals surface area contributed by atoms with Crippen molar-refractivity contribution in [2.24, 2.45) is 10.7 Å². The van der Waals surface area contributed by atoms with Crippen LogP contribution in [0.4, 0.5) is 5.95 Å². The van der Waals surface area contributed by atoms with Gasteiger partial charge in [0.25, 0.3) is 0 Å². The molecule has 9 heteroatoms. The fourth-order valence-electron chi connectivity index (χ4n) is 2.55. The lowest BCUT2D eigenvalue weighted by Crippen LogP contribution is -2.38. The van der Waals surface area contributed by atoms with Crippen LogP contribution >= 0.6 is 0 Å². The van der Waals surface area contributed by atoms with Crippen LogP contribution in [0.1, 0.15) is 5.56 Å². The number of aromatic nitrogens is 2. The summed E-state index contributed by atoms with van der Waals surface area (Å²) in [5.41, 5.74) is 7.71. The predicted octanol–water partition coefficient (Wildman–Crippen LogP) is 1.47. The van der Waals surface area contributed by atoms with Crippen LogP contribution in [0.25, 0.3) is 5.70 Å². The van der Waals surface area contributed by atoms with E-state index in [1.54, 1.807) is 12.4 Å². The van der Waals surface area contributed by atoms with Gasteiger partial charge in [0, 0.05) is 18.8 Å². The van der Waals surface area contributed by atoms with Gasteiger partial charge in [-0.3, -0.25) is 10.7 Å². The third kappa shape index (κ3) is 3.50. The third-order valence-electron chi connectivity index (χ3n) is 3.86. The van der Waals surface area contributed by atoms with Gasteiger partial charge in [-0.05, 0) is 23.1 Å². The highest BCUT2D eigenvalue weighted by molar-refractivity contribution is 5.86. The molecule has 2 N–H and O–H groups in total. The maximum Gasteiger partial charge on any atom is 0.434 e. The van der Waals surface area contributed by atoms with Crippen molar-refractivity contribution in [3.8, 4) is 5.75 Å². The molecule has 1 unspecified atom stereocenters. The molecular formula is C16H18N6O3. The molecule has 0 saturated carbocycles. The number of allylic oxidation sites excluding steroid dienone is 1. The summed E-state index contributed by atoms with van der Waals surface area (Å²) < 4.78 is 7.30. The number of hydrogen-bond acceptors (Lipinski definition) is 7. The molecule has 3 rings (SSSR count). The number of nitrogens with two attached hydrogens (primary N) is 1. The zero-order valence-corrected chi connectivity index (χ0v) is 13.6. The second-order valence-electron chi connectivity index (χ2n) is 5.40. The standard InChI is InChI=1S/C16H18N6O3/c1-20-13(6-7-18-15(20)17)12-4-2-3-5-14(12)25-11-10-21-9-8-19-16(21)22(23)24/h2-9,15H,10-11,17H2,1H3. The van der Waals surface area contributed by atoms with E-state index in [1.807, 2.05) is 42.3 Å². The monoisotopic (exact) mass is 342 g/mol. The highest BCUT2D eigenvalue weighted by Crippen LogP contribution is 2.29. The van der Waals surface area contributed by atoms with Gasteiger partial charge in [0.05, 0.1) is 5.70 Å². The molecule has 0 radical (unpaired) electrons. The molecule has 25 heavy (non-hydrogen) atoms. The molecule has 0 saturated heterocycles. The molecule has 1 aliphatic rings. The molecule has 0 fully saturated rings. The first-order valence-electron chi connectivity index (χ1n) is 7.67. The van der Waals surface area contributed by atoms with Gasteiger partial charge in [0.2, 0.25) is 0 Å². The van der Waals surface area contributed by atoms with Crippen molar-refractivity contribution in [3.05, 3.63) is 58.4 Å². The molecule has 130 valence electrons. The summed E-state index contributed by atoms with van der Waals surface area (Å²) in [6.07, 6.45) is 6.05. The van der Waals surface area contributed by atoms with Crippen molar-refractivity contribution in [1.29, 1.82) is 0 Å². The van der Waals surface area contributed by atoms with E-state index in [2.05, 4.69) is 9.98 Å². The van der Waals surface area contributed by atoms with Crippen molar-refractivity contribution in [2.45, 2.75) is 12.8 Å². The van der Waals surface area contributed by atoms with E-state index < -0.39 is 11.2 Å². The molecule has 2 aromatic rings. The van der Waals surface area contributed by atoms with Crippen LogP contribution < -0.4 is 10.5 Å². The van der Waals surface area contributed by atoms with E-state index in [0.717, 1.165) is 11.3 Å². The van der Waals surface area contributed by atoms with Gasteiger partial charge < -0.3 is 19.8 Å². The number of nitro groups is 1. The van der Waals surface area contributed by atoms with Gasteiger partial charge >= 0.3 is 5.95 Å². The largest absolute Gasteiger partial charge is 0.490 e. The van der Waals surface area contributed by atoms with Gasteiger partial charge in [-0.2, -0.15) is 0 Å². The van der Waals surface area contributed by atoms with Crippen LogP contribution in [-0.4, -0.2) is 45.5 Å². The van der Waals surface area contributed by atoms with Crippen molar-refractivity contribution < 1.29 is 9.66 Å². The molecule has 1 atom stereocenters. The van der Waals surface area contributed by atoms with Gasteiger partial charge in [0.1, 0.15) is 31.3 Å². The van der Waals surface area contributed by atoms with Gasteiger partial charge in [-0.25, -0.2) is 4.57 Å². The molecule has 1 aromatic heterocycles. The summed E-state index contributed by atoms with van der Waals surface area (Å²) in [7, 11) is 1.86. The first-order chi connectivity index (χ1) is 12.1. The Morgan fingerprint density at radius 1 is 1.40 bits per heavy atom. The number of benzene rings is 1. The average molecular weight is 342 g/mol. The number of nitrogens with zero attached hydrogens (tertiary/aromatic N) is 5. The molecule has 9 nitrogen and oxygen atoms in total. The Bertz CT molecular complexity index is 829. The van der Waals surface area contributed by atoms with Crippen molar-refractivity contribution >= 4 is 17.9 Å². The SMILES string of the molecule is CN1C(c2ccccc2OCCn2ccnc2[N+](=O)[O-])=CC=NC1N. The van der Waals surface area contributed by atoms with E-state index in [1.165, 1.54) is 10.8 Å². The van der Waals surface area contributed by atoms with Crippen LogP contribution in [0.15, 0.2) is 47.7 Å². The fraction of sp³-hybridized carbons (Fsp3) is 0.250. The highest BCUT2D eigenvalue weighted by atomic mass is 16.6. The zero-order chi connectivity index (χ0) is 17.8. The van der Waals surface area contributed by atoms with Crippen LogP contribution in [0, 0.1) is 10.1 Å². The molecule has 0 amide bonds. The number of aliphatic imine (C=N–C) groups is 1. The molecule has 0 bridgehead atoms. The van der Waals surface area contributed by atoms with Crippen LogP contribution in [-0.2, 0) is 6.54 Å². The first-order valence-corrected chi connectivity index (χ1v) is 7.67. The summed E-state index contributed by atoms with van der Waals surface area (Å²) in [6, 6.07) is 7.57. The lowest BCUT2D eigenvalue weighted by atomic mass is 10.1. The minimum atomic E-state index is -0.517. The zero-order valence-electron chi connectivity index (χ0n) is 13.6. The smallest absolute Gasteiger partial charge is 0.434 e. The van der Waals surface area contributed by atoms with E-state index in [0.29, 0.717) is 12.3 Å². The fourth-order valence-corrected chi connectivity index (χ4v) is 2.55. The summed E-state index contributed by atoms with van der Waals surface area (Å²) in [4.78, 5) is 20.1. The molecule has 2 heterocycles. The van der Waals surface area contributed by atoms with Crippen molar-refractivity contribution in [2.75, 3.05) is 13.7 Å².